The fourth-order valence-corrected chi connectivity index (χ4v) is 11.0. The summed E-state index contributed by atoms with van der Waals surface area (Å²) in [7, 11) is 0. The van der Waals surface area contributed by atoms with Gasteiger partial charge in [-0.3, -0.25) is 0 Å². The van der Waals surface area contributed by atoms with E-state index in [0.29, 0.717) is 44.9 Å². The quantitative estimate of drug-likeness (QED) is 0.128. The third-order valence-electron chi connectivity index (χ3n) is 13.6. The molecule has 16 atom stereocenters. The molecule has 47 heavy (non-hydrogen) atoms. The minimum absolute atomic E-state index is 0.0370. The summed E-state index contributed by atoms with van der Waals surface area (Å²) >= 11 is 0. The van der Waals surface area contributed by atoms with E-state index in [1.165, 1.54) is 0 Å². The second-order valence-corrected chi connectivity index (χ2v) is 15.7. The average Bonchev–Trinajstić information content (AvgIpc) is 3.57. The number of carbonyl (C=O) groups is 2. The van der Waals surface area contributed by atoms with E-state index in [4.69, 9.17) is 23.7 Å². The van der Waals surface area contributed by atoms with Crippen LogP contribution in [0.15, 0.2) is 11.6 Å². The van der Waals surface area contributed by atoms with E-state index in [2.05, 4.69) is 6.92 Å². The lowest BCUT2D eigenvalue weighted by Crippen LogP contribution is -2.69. The Morgan fingerprint density at radius 2 is 1.70 bits per heavy atom. The number of aliphatic hydroxyl groups is 6. The van der Waals surface area contributed by atoms with E-state index in [1.807, 2.05) is 0 Å². The Labute approximate surface area is 274 Å². The van der Waals surface area contributed by atoms with Crippen LogP contribution in [0.3, 0.4) is 0 Å². The summed E-state index contributed by atoms with van der Waals surface area (Å²) in [5, 5.41) is 65.7. The zero-order chi connectivity index (χ0) is 33.5. The van der Waals surface area contributed by atoms with Gasteiger partial charge in [-0.25, -0.2) is 4.79 Å². The maximum atomic E-state index is 13.1. The van der Waals surface area contributed by atoms with E-state index in [1.54, 1.807) is 13.0 Å². The van der Waals surface area contributed by atoms with Gasteiger partial charge in [-0.1, -0.05) is 6.92 Å². The monoisotopic (exact) mass is 666 g/mol. The van der Waals surface area contributed by atoms with E-state index < -0.39 is 77.3 Å². The maximum Gasteiger partial charge on any atom is 0.331 e. The van der Waals surface area contributed by atoms with Crippen molar-refractivity contribution in [2.24, 2.45) is 28.6 Å². The summed E-state index contributed by atoms with van der Waals surface area (Å²) in [5.41, 5.74) is -2.86. The minimum Gasteiger partial charge on any atom is -0.458 e. The van der Waals surface area contributed by atoms with Crippen molar-refractivity contribution in [3.8, 4) is 0 Å². The van der Waals surface area contributed by atoms with Crippen LogP contribution in [0.4, 0.5) is 0 Å². The summed E-state index contributed by atoms with van der Waals surface area (Å²) < 4.78 is 28.7. The van der Waals surface area contributed by atoms with Crippen LogP contribution in [-0.4, -0.2) is 123 Å². The number of aliphatic hydroxyl groups excluding tert-OH is 4. The molecule has 264 valence electrons. The summed E-state index contributed by atoms with van der Waals surface area (Å²) in [6.45, 7) is 3.86. The third-order valence-corrected chi connectivity index (χ3v) is 13.6. The Morgan fingerprint density at radius 1 is 0.936 bits per heavy atom. The highest BCUT2D eigenvalue weighted by molar-refractivity contribution is 5.85. The van der Waals surface area contributed by atoms with Gasteiger partial charge < -0.3 is 59.1 Å². The van der Waals surface area contributed by atoms with Crippen LogP contribution in [0.5, 0.6) is 0 Å². The molecule has 0 radical (unpaired) electrons. The van der Waals surface area contributed by atoms with Gasteiger partial charge in [0.15, 0.2) is 12.6 Å². The predicted octanol–water partition coefficient (Wildman–Crippen LogP) is 0.243. The third kappa shape index (κ3) is 5.18. The van der Waals surface area contributed by atoms with Gasteiger partial charge in [-0.05, 0) is 81.6 Å². The number of esters is 1. The van der Waals surface area contributed by atoms with Gasteiger partial charge in [0.2, 0.25) is 0 Å². The largest absolute Gasteiger partial charge is 0.458 e. The molecular weight excluding hydrogens is 616 g/mol. The Hall–Kier alpha value is -1.52. The van der Waals surface area contributed by atoms with Crippen molar-refractivity contribution in [3.05, 3.63) is 11.6 Å². The molecule has 16 unspecified atom stereocenters. The van der Waals surface area contributed by atoms with E-state index in [9.17, 15) is 40.2 Å². The Morgan fingerprint density at radius 3 is 2.40 bits per heavy atom. The predicted molar refractivity (Wildman–Crippen MR) is 160 cm³/mol. The van der Waals surface area contributed by atoms with Gasteiger partial charge >= 0.3 is 5.97 Å². The molecule has 0 aromatic heterocycles. The molecule has 0 aromatic carbocycles. The van der Waals surface area contributed by atoms with Crippen LogP contribution in [0, 0.1) is 28.6 Å². The van der Waals surface area contributed by atoms with E-state index >= 15 is 0 Å². The average molecular weight is 667 g/mol. The maximum absolute atomic E-state index is 13.1. The molecule has 4 aliphatic carbocycles. The first kappa shape index (κ1) is 34.0. The van der Waals surface area contributed by atoms with Crippen LogP contribution in [-0.2, 0) is 33.3 Å². The Balaban J connectivity index is 1.01. The van der Waals surface area contributed by atoms with E-state index in [-0.39, 0.29) is 49.8 Å². The molecule has 0 spiro atoms. The first-order valence-corrected chi connectivity index (χ1v) is 17.3. The zero-order valence-corrected chi connectivity index (χ0v) is 27.1. The Bertz CT molecular complexity index is 1250. The lowest BCUT2D eigenvalue weighted by Gasteiger charge is -2.65. The fraction of sp³-hybridized carbons (Fsp3) is 0.882. The molecule has 7 rings (SSSR count). The van der Waals surface area contributed by atoms with Crippen LogP contribution in [0.25, 0.3) is 0 Å². The molecule has 2 saturated heterocycles. The summed E-state index contributed by atoms with van der Waals surface area (Å²) in [5.74, 6) is -0.635. The normalized spacial score (nSPS) is 54.6. The number of aldehydes is 1. The van der Waals surface area contributed by atoms with E-state index in [0.717, 1.165) is 18.3 Å². The molecule has 7 aliphatic rings. The number of ether oxygens (including phenoxy) is 5. The van der Waals surface area contributed by atoms with Gasteiger partial charge in [0, 0.05) is 24.3 Å². The number of hydrogen-bond donors (Lipinski definition) is 6. The zero-order valence-electron chi connectivity index (χ0n) is 27.1. The fourth-order valence-electron chi connectivity index (χ4n) is 11.0. The number of hydrogen-bond acceptors (Lipinski definition) is 13. The number of rotatable bonds is 6. The van der Waals surface area contributed by atoms with Gasteiger partial charge in [0.1, 0.15) is 37.3 Å². The highest BCUT2D eigenvalue weighted by atomic mass is 16.7. The topological polar surface area (TPSA) is 202 Å². The van der Waals surface area contributed by atoms with Crippen molar-refractivity contribution in [3.63, 3.8) is 0 Å². The molecule has 3 aliphatic heterocycles. The second-order valence-electron chi connectivity index (χ2n) is 15.7. The molecule has 0 bridgehead atoms. The highest BCUT2D eigenvalue weighted by Gasteiger charge is 2.71. The van der Waals surface area contributed by atoms with Crippen molar-refractivity contribution >= 4 is 12.3 Å². The van der Waals surface area contributed by atoms with Crippen LogP contribution >= 0.6 is 0 Å². The van der Waals surface area contributed by atoms with Crippen molar-refractivity contribution < 1.29 is 63.9 Å². The molecule has 6 fully saturated rings. The first-order valence-electron chi connectivity index (χ1n) is 17.3. The SMILES string of the molecule is CC1OC(OC2CCC3(C=O)C4CCC5(C)C(C6=CC(=O)OC6)CCC5(O)C4CCC3(O)C2)CC(O)C1OC1OCC(O)C(O)C1O. The molecule has 13 nitrogen and oxygen atoms in total. The molecule has 13 heteroatoms. The number of carbonyl (C=O) groups excluding carboxylic acids is 2. The Kier molecular flexibility index (Phi) is 8.72. The lowest BCUT2D eigenvalue weighted by molar-refractivity contribution is -0.331. The lowest BCUT2D eigenvalue weighted by atomic mass is 9.41. The van der Waals surface area contributed by atoms with Crippen molar-refractivity contribution in [2.75, 3.05) is 13.2 Å². The standard InChI is InChI=1S/C34H50O13/c1-17-29(47-30-28(40)27(39)24(37)15-44-30)23(36)12-26(45-17)46-19-3-8-32(16-35)21-4-7-31(2)20(18-11-25(38)43-14-18)6-10-34(31,42)22(21)5-9-33(32,41)13-19/h11,16-17,19-24,26-30,36-37,39-42H,3-10,12-15H2,1-2H3. The minimum atomic E-state index is -1.50. The molecule has 6 N–H and O–H groups in total. The second kappa shape index (κ2) is 12.1. The molecule has 4 saturated carbocycles. The first-order chi connectivity index (χ1) is 22.2. The number of cyclic esters (lactones) is 1. The van der Waals surface area contributed by atoms with Crippen LogP contribution in [0.1, 0.15) is 78.1 Å². The van der Waals surface area contributed by atoms with Crippen LogP contribution in [0.2, 0.25) is 0 Å². The van der Waals surface area contributed by atoms with Crippen molar-refractivity contribution in [1.82, 2.24) is 0 Å². The number of fused-ring (bicyclic) bond motifs is 5. The highest BCUT2D eigenvalue weighted by Crippen LogP contribution is 2.70. The summed E-state index contributed by atoms with van der Waals surface area (Å²) in [4.78, 5) is 25.0. The smallest absolute Gasteiger partial charge is 0.331 e. The van der Waals surface area contributed by atoms with Gasteiger partial charge in [-0.2, -0.15) is 0 Å². The van der Waals surface area contributed by atoms with Crippen LogP contribution < -0.4 is 0 Å². The summed E-state index contributed by atoms with van der Waals surface area (Å²) in [6, 6.07) is 0. The van der Waals surface area contributed by atoms with Crippen molar-refractivity contribution in [2.45, 2.75) is 145 Å². The van der Waals surface area contributed by atoms with Gasteiger partial charge in [0.25, 0.3) is 0 Å². The van der Waals surface area contributed by atoms with Gasteiger partial charge in [0.05, 0.1) is 41.5 Å². The molecule has 3 heterocycles. The molecule has 0 amide bonds. The van der Waals surface area contributed by atoms with Crippen molar-refractivity contribution in [1.29, 1.82) is 0 Å². The molecule has 0 aromatic rings. The molecular formula is C34H50O13. The summed E-state index contributed by atoms with van der Waals surface area (Å²) in [6.07, 6.45) is -1.89. The van der Waals surface area contributed by atoms with Gasteiger partial charge in [-0.15, -0.1) is 0 Å².